The van der Waals surface area contributed by atoms with Gasteiger partial charge < -0.3 is 19.9 Å². The number of carbonyl (C=O) groups is 1. The molecular weight excluding hydrogens is 284 g/mol. The van der Waals surface area contributed by atoms with E-state index in [2.05, 4.69) is 21.8 Å². The number of fused-ring (bicyclic) bond motifs is 1. The molecule has 0 unspecified atom stereocenters. The Morgan fingerprint density at radius 3 is 2.73 bits per heavy atom. The number of carboxylic acid groups (broad SMARTS) is 1. The number of hydrogen-bond acceptors (Lipinski definition) is 5. The maximum absolute atomic E-state index is 12.2. The van der Waals surface area contributed by atoms with Crippen molar-refractivity contribution in [2.24, 2.45) is 0 Å². The molecule has 3 heterocycles. The van der Waals surface area contributed by atoms with E-state index in [0.717, 1.165) is 32.0 Å². The van der Waals surface area contributed by atoms with Gasteiger partial charge in [0.2, 0.25) is 5.43 Å². The van der Waals surface area contributed by atoms with Crippen LogP contribution >= 0.6 is 0 Å². The van der Waals surface area contributed by atoms with Gasteiger partial charge in [0.25, 0.3) is 0 Å². The summed E-state index contributed by atoms with van der Waals surface area (Å²) < 4.78 is 1.48. The zero-order valence-corrected chi connectivity index (χ0v) is 12.0. The lowest BCUT2D eigenvalue weighted by molar-refractivity contribution is 0.0695. The molecule has 114 valence electrons. The van der Waals surface area contributed by atoms with Crippen molar-refractivity contribution in [3.8, 4) is 0 Å². The molecule has 0 amide bonds. The SMILES string of the molecule is C=Cn1cc(C(=O)O)c(=O)c2ccc(N3CCNCC3)nc21. The van der Waals surface area contributed by atoms with Crippen LogP contribution in [0.25, 0.3) is 17.2 Å². The summed E-state index contributed by atoms with van der Waals surface area (Å²) in [4.78, 5) is 30.1. The van der Waals surface area contributed by atoms with Gasteiger partial charge in [-0.1, -0.05) is 6.58 Å². The Balaban J connectivity index is 2.19. The lowest BCUT2D eigenvalue weighted by Gasteiger charge is -2.28. The molecule has 0 saturated carbocycles. The number of pyridine rings is 2. The molecule has 22 heavy (non-hydrogen) atoms. The van der Waals surface area contributed by atoms with Gasteiger partial charge in [0.1, 0.15) is 17.0 Å². The van der Waals surface area contributed by atoms with Crippen molar-refractivity contribution in [2.45, 2.75) is 0 Å². The number of nitrogens with zero attached hydrogens (tertiary/aromatic N) is 3. The minimum absolute atomic E-state index is 0.277. The predicted octanol–water partition coefficient (Wildman–Crippen LogP) is 0.605. The van der Waals surface area contributed by atoms with Crippen molar-refractivity contribution >= 4 is 29.0 Å². The van der Waals surface area contributed by atoms with E-state index in [-0.39, 0.29) is 10.9 Å². The normalized spacial score (nSPS) is 15.0. The molecule has 2 aromatic heterocycles. The maximum atomic E-state index is 12.2. The van der Waals surface area contributed by atoms with Crippen molar-refractivity contribution in [2.75, 3.05) is 31.1 Å². The van der Waals surface area contributed by atoms with Gasteiger partial charge in [0.05, 0.1) is 5.39 Å². The molecule has 0 radical (unpaired) electrons. The first-order chi connectivity index (χ1) is 10.6. The van der Waals surface area contributed by atoms with Crippen LogP contribution in [-0.4, -0.2) is 46.8 Å². The van der Waals surface area contributed by atoms with Crippen molar-refractivity contribution in [3.05, 3.63) is 40.7 Å². The fourth-order valence-electron chi connectivity index (χ4n) is 2.58. The quantitative estimate of drug-likeness (QED) is 0.863. The van der Waals surface area contributed by atoms with E-state index in [9.17, 15) is 9.59 Å². The summed E-state index contributed by atoms with van der Waals surface area (Å²) >= 11 is 0. The monoisotopic (exact) mass is 300 g/mol. The molecule has 2 N–H and O–H groups in total. The van der Waals surface area contributed by atoms with Crippen LogP contribution in [-0.2, 0) is 0 Å². The summed E-state index contributed by atoms with van der Waals surface area (Å²) in [5, 5.41) is 12.7. The number of rotatable bonds is 3. The molecule has 1 saturated heterocycles. The summed E-state index contributed by atoms with van der Waals surface area (Å²) in [5.74, 6) is -0.485. The molecule has 2 aromatic rings. The highest BCUT2D eigenvalue weighted by molar-refractivity contribution is 5.92. The summed E-state index contributed by atoms with van der Waals surface area (Å²) in [5.41, 5.74) is -0.398. The summed E-state index contributed by atoms with van der Waals surface area (Å²) in [6.45, 7) is 7.09. The van der Waals surface area contributed by atoms with Crippen LogP contribution in [0.1, 0.15) is 10.4 Å². The van der Waals surface area contributed by atoms with E-state index in [1.54, 1.807) is 12.1 Å². The van der Waals surface area contributed by atoms with Gasteiger partial charge in [0.15, 0.2) is 0 Å². The molecule has 0 atom stereocenters. The highest BCUT2D eigenvalue weighted by atomic mass is 16.4. The largest absolute Gasteiger partial charge is 0.477 e. The van der Waals surface area contributed by atoms with E-state index in [1.165, 1.54) is 17.0 Å². The standard InChI is InChI=1S/C15H16N4O3/c1-2-18-9-11(15(21)22)13(20)10-3-4-12(17-14(10)18)19-7-5-16-6-8-19/h2-4,9,16H,1,5-8H2,(H,21,22). The van der Waals surface area contributed by atoms with E-state index >= 15 is 0 Å². The molecular formula is C15H16N4O3. The molecule has 1 aliphatic rings. The van der Waals surface area contributed by atoms with Gasteiger partial charge >= 0.3 is 5.97 Å². The highest BCUT2D eigenvalue weighted by Crippen LogP contribution is 2.17. The molecule has 0 spiro atoms. The Bertz CT molecular complexity index is 806. The number of carboxylic acids is 1. The number of hydrogen-bond donors (Lipinski definition) is 2. The first kappa shape index (κ1) is 14.3. The maximum Gasteiger partial charge on any atom is 0.341 e. The van der Waals surface area contributed by atoms with Gasteiger partial charge in [-0.15, -0.1) is 0 Å². The molecule has 7 heteroatoms. The number of aromatic nitrogens is 2. The smallest absolute Gasteiger partial charge is 0.341 e. The fraction of sp³-hybridized carbons (Fsp3) is 0.267. The van der Waals surface area contributed by atoms with Crippen molar-refractivity contribution in [1.82, 2.24) is 14.9 Å². The summed E-state index contributed by atoms with van der Waals surface area (Å²) in [6, 6.07) is 3.39. The van der Waals surface area contributed by atoms with Gasteiger partial charge in [-0.05, 0) is 12.1 Å². The van der Waals surface area contributed by atoms with E-state index in [1.807, 2.05) is 0 Å². The van der Waals surface area contributed by atoms with Crippen LogP contribution in [0.15, 0.2) is 29.7 Å². The zero-order chi connectivity index (χ0) is 15.7. The second-order valence-electron chi connectivity index (χ2n) is 5.04. The van der Waals surface area contributed by atoms with E-state index < -0.39 is 11.4 Å². The number of piperazine rings is 1. The van der Waals surface area contributed by atoms with Crippen LogP contribution in [0.4, 0.5) is 5.82 Å². The first-order valence-corrected chi connectivity index (χ1v) is 6.99. The van der Waals surface area contributed by atoms with Crippen LogP contribution in [0.2, 0.25) is 0 Å². The second-order valence-corrected chi connectivity index (χ2v) is 5.04. The van der Waals surface area contributed by atoms with Gasteiger partial charge in [0, 0.05) is 38.6 Å². The van der Waals surface area contributed by atoms with Crippen LogP contribution < -0.4 is 15.6 Å². The van der Waals surface area contributed by atoms with Crippen LogP contribution in [0.3, 0.4) is 0 Å². The summed E-state index contributed by atoms with van der Waals surface area (Å²) in [6.07, 6.45) is 2.71. The fourth-order valence-corrected chi connectivity index (χ4v) is 2.58. The Hall–Kier alpha value is -2.67. The third kappa shape index (κ3) is 2.35. The molecule has 7 nitrogen and oxygen atoms in total. The number of aromatic carboxylic acids is 1. The molecule has 0 aliphatic carbocycles. The molecule has 3 rings (SSSR count). The third-order valence-corrected chi connectivity index (χ3v) is 3.73. The zero-order valence-electron chi connectivity index (χ0n) is 12.0. The van der Waals surface area contributed by atoms with Crippen molar-refractivity contribution in [3.63, 3.8) is 0 Å². The molecule has 0 bridgehead atoms. The predicted molar refractivity (Wildman–Crippen MR) is 84.4 cm³/mol. The van der Waals surface area contributed by atoms with E-state index in [4.69, 9.17) is 5.11 Å². The third-order valence-electron chi connectivity index (χ3n) is 3.73. The average molecular weight is 300 g/mol. The number of nitrogens with one attached hydrogen (secondary N) is 1. The highest BCUT2D eigenvalue weighted by Gasteiger charge is 2.17. The Morgan fingerprint density at radius 1 is 1.36 bits per heavy atom. The van der Waals surface area contributed by atoms with E-state index in [0.29, 0.717) is 5.65 Å². The van der Waals surface area contributed by atoms with Gasteiger partial charge in [-0.2, -0.15) is 0 Å². The lowest BCUT2D eigenvalue weighted by Crippen LogP contribution is -2.43. The van der Waals surface area contributed by atoms with Gasteiger partial charge in [-0.25, -0.2) is 9.78 Å². The van der Waals surface area contributed by atoms with Crippen molar-refractivity contribution < 1.29 is 9.90 Å². The first-order valence-electron chi connectivity index (χ1n) is 6.99. The Morgan fingerprint density at radius 2 is 2.09 bits per heavy atom. The topological polar surface area (TPSA) is 87.5 Å². The molecule has 0 aromatic carbocycles. The lowest BCUT2D eigenvalue weighted by atomic mass is 10.2. The summed E-state index contributed by atoms with van der Waals surface area (Å²) in [7, 11) is 0. The Labute approximate surface area is 126 Å². The van der Waals surface area contributed by atoms with Crippen molar-refractivity contribution in [1.29, 1.82) is 0 Å². The minimum atomic E-state index is -1.26. The van der Waals surface area contributed by atoms with Crippen LogP contribution in [0, 0.1) is 0 Å². The molecule has 1 fully saturated rings. The van der Waals surface area contributed by atoms with Crippen LogP contribution in [0.5, 0.6) is 0 Å². The van der Waals surface area contributed by atoms with Gasteiger partial charge in [-0.3, -0.25) is 4.79 Å². The number of anilines is 1. The Kier molecular flexibility index (Phi) is 3.64. The molecule has 1 aliphatic heterocycles. The minimum Gasteiger partial charge on any atom is -0.477 e. The second kappa shape index (κ2) is 5.61. The average Bonchev–Trinajstić information content (AvgIpc) is 2.55.